The molecule has 1 atom stereocenters. The molecule has 0 aliphatic rings. The molecule has 0 aliphatic heterocycles. The molecule has 0 aliphatic carbocycles. The minimum atomic E-state index is -0.723. The van der Waals surface area contributed by atoms with Crippen LogP contribution in [0, 0.1) is 13.8 Å². The van der Waals surface area contributed by atoms with Gasteiger partial charge in [-0.1, -0.05) is 71.0 Å². The van der Waals surface area contributed by atoms with E-state index in [0.29, 0.717) is 81.9 Å². The summed E-state index contributed by atoms with van der Waals surface area (Å²) in [5, 5.41) is 18.0. The molecule has 50 heavy (non-hydrogen) atoms. The van der Waals surface area contributed by atoms with Crippen molar-refractivity contribution < 1.29 is 37.9 Å². The summed E-state index contributed by atoms with van der Waals surface area (Å²) in [5.74, 6) is 3.58. The quantitative estimate of drug-likeness (QED) is 0.127. The first-order valence-electron chi connectivity index (χ1n) is 15.7. The highest BCUT2D eigenvalue weighted by atomic mass is 16.5. The number of carbonyl (C=O) groups excluding carboxylic acids is 1. The first-order chi connectivity index (χ1) is 24.2. The number of ketones is 1. The molecule has 258 valence electrons. The zero-order chi connectivity index (χ0) is 35.6. The number of aromatic nitrogens is 4. The van der Waals surface area contributed by atoms with Gasteiger partial charge in [0.05, 0.1) is 20.3 Å². The van der Waals surface area contributed by atoms with Gasteiger partial charge in [0.15, 0.2) is 28.8 Å². The van der Waals surface area contributed by atoms with Gasteiger partial charge in [0, 0.05) is 30.5 Å². The first-order valence-corrected chi connectivity index (χ1v) is 15.7. The number of hydrogen-bond donors (Lipinski definition) is 1. The molecule has 0 amide bonds. The van der Waals surface area contributed by atoms with Crippen molar-refractivity contribution in [2.75, 3.05) is 14.2 Å². The second kappa shape index (κ2) is 16.4. The Labute approximate surface area is 289 Å². The minimum absolute atomic E-state index is 0.121. The Kier molecular flexibility index (Phi) is 11.6. The number of aliphatic hydroxyl groups is 1. The Balaban J connectivity index is 0.000000194. The molecule has 1 unspecified atom stereocenters. The number of methoxy groups -OCH3 is 2. The lowest BCUT2D eigenvalue weighted by atomic mass is 10.0. The van der Waals surface area contributed by atoms with Gasteiger partial charge in [-0.05, 0) is 54.8 Å². The highest BCUT2D eigenvalue weighted by Gasteiger charge is 2.21. The zero-order valence-corrected chi connectivity index (χ0v) is 28.7. The van der Waals surface area contributed by atoms with E-state index in [1.165, 1.54) is 6.92 Å². The molecular weight excluding hydrogens is 640 g/mol. The van der Waals surface area contributed by atoms with Crippen LogP contribution >= 0.6 is 0 Å². The first kappa shape index (κ1) is 35.3. The molecule has 6 rings (SSSR count). The number of ether oxygens (including phenoxy) is 4. The van der Waals surface area contributed by atoms with E-state index < -0.39 is 6.10 Å². The van der Waals surface area contributed by atoms with E-state index in [4.69, 9.17) is 28.0 Å². The van der Waals surface area contributed by atoms with E-state index in [2.05, 4.69) is 20.3 Å². The predicted octanol–water partition coefficient (Wildman–Crippen LogP) is 7.52. The fourth-order valence-corrected chi connectivity index (χ4v) is 4.98. The Morgan fingerprint density at radius 3 is 1.58 bits per heavy atom. The van der Waals surface area contributed by atoms with Crippen molar-refractivity contribution in [1.29, 1.82) is 0 Å². The summed E-state index contributed by atoms with van der Waals surface area (Å²) in [4.78, 5) is 20.5. The molecule has 12 nitrogen and oxygen atoms in total. The van der Waals surface area contributed by atoms with Gasteiger partial charge in [-0.3, -0.25) is 4.79 Å². The highest BCUT2D eigenvalue weighted by molar-refractivity contribution is 6.01. The number of nitrogens with zero attached hydrogens (tertiary/aromatic N) is 4. The van der Waals surface area contributed by atoms with Gasteiger partial charge in [-0.25, -0.2) is 0 Å². The number of carbonyl (C=O) groups is 1. The predicted molar refractivity (Wildman–Crippen MR) is 184 cm³/mol. The van der Waals surface area contributed by atoms with Crippen LogP contribution in [0.25, 0.3) is 22.8 Å². The number of aliphatic hydroxyl groups excluding tert-OH is 1. The van der Waals surface area contributed by atoms with Crippen LogP contribution < -0.4 is 18.9 Å². The fourth-order valence-electron chi connectivity index (χ4n) is 4.98. The molecule has 2 heterocycles. The van der Waals surface area contributed by atoms with Crippen molar-refractivity contribution in [1.82, 2.24) is 20.3 Å². The van der Waals surface area contributed by atoms with Gasteiger partial charge in [-0.15, -0.1) is 0 Å². The third-order valence-corrected chi connectivity index (χ3v) is 7.48. The van der Waals surface area contributed by atoms with Crippen molar-refractivity contribution in [3.63, 3.8) is 0 Å². The lowest BCUT2D eigenvalue weighted by molar-refractivity contribution is 0.101. The Morgan fingerprint density at radius 2 is 1.16 bits per heavy atom. The fraction of sp³-hybridized carbons (Fsp3) is 0.237. The molecule has 12 heteroatoms. The number of hydrogen-bond acceptors (Lipinski definition) is 12. The van der Waals surface area contributed by atoms with Crippen LogP contribution in [0.2, 0.25) is 0 Å². The molecule has 1 N–H and O–H groups in total. The molecule has 0 radical (unpaired) electrons. The van der Waals surface area contributed by atoms with Crippen LogP contribution in [0.1, 0.15) is 58.8 Å². The SMILES string of the molecule is COc1cc(-c2noc(C)n2)c(C(C)=O)cc1OCc1ccccc1.COc1cc(-c2noc(C)n2)c(C(C)O)cc1OCc1ccccc1. The van der Waals surface area contributed by atoms with E-state index in [1.807, 2.05) is 60.7 Å². The third kappa shape index (κ3) is 8.71. The van der Waals surface area contributed by atoms with Crippen LogP contribution in [-0.4, -0.2) is 45.4 Å². The molecule has 0 bridgehead atoms. The van der Waals surface area contributed by atoms with Crippen molar-refractivity contribution >= 4 is 5.78 Å². The number of aryl methyl sites for hydroxylation is 2. The molecular formula is C38H38N4O8. The summed E-state index contributed by atoms with van der Waals surface area (Å²) < 4.78 is 32.7. The van der Waals surface area contributed by atoms with Crippen LogP contribution in [0.15, 0.2) is 94.0 Å². The van der Waals surface area contributed by atoms with E-state index in [-0.39, 0.29) is 5.78 Å². The molecule has 0 fully saturated rings. The Bertz CT molecular complexity index is 2020. The largest absolute Gasteiger partial charge is 0.493 e. The summed E-state index contributed by atoms with van der Waals surface area (Å²) in [5.41, 5.74) is 4.35. The summed E-state index contributed by atoms with van der Waals surface area (Å²) in [6, 6.07) is 26.5. The monoisotopic (exact) mass is 678 g/mol. The van der Waals surface area contributed by atoms with Gasteiger partial charge in [0.25, 0.3) is 0 Å². The molecule has 4 aromatic carbocycles. The Hall–Kier alpha value is -6.01. The Morgan fingerprint density at radius 1 is 0.700 bits per heavy atom. The van der Waals surface area contributed by atoms with E-state index in [9.17, 15) is 9.90 Å². The van der Waals surface area contributed by atoms with Crippen LogP contribution in [-0.2, 0) is 13.2 Å². The van der Waals surface area contributed by atoms with Crippen molar-refractivity contribution in [3.05, 3.63) is 119 Å². The maximum absolute atomic E-state index is 12.1. The highest BCUT2D eigenvalue weighted by Crippen LogP contribution is 2.38. The van der Waals surface area contributed by atoms with E-state index >= 15 is 0 Å². The summed E-state index contributed by atoms with van der Waals surface area (Å²) in [6.45, 7) is 7.34. The normalized spacial score (nSPS) is 11.3. The maximum atomic E-state index is 12.1. The van der Waals surface area contributed by atoms with Gasteiger partial charge in [-0.2, -0.15) is 9.97 Å². The second-order valence-corrected chi connectivity index (χ2v) is 11.2. The maximum Gasteiger partial charge on any atom is 0.223 e. The van der Waals surface area contributed by atoms with Crippen LogP contribution in [0.3, 0.4) is 0 Å². The third-order valence-electron chi connectivity index (χ3n) is 7.48. The molecule has 0 saturated carbocycles. The van der Waals surface area contributed by atoms with Crippen LogP contribution in [0.4, 0.5) is 0 Å². The zero-order valence-electron chi connectivity index (χ0n) is 28.7. The van der Waals surface area contributed by atoms with Gasteiger partial charge in [0.2, 0.25) is 23.4 Å². The summed E-state index contributed by atoms with van der Waals surface area (Å²) >= 11 is 0. The summed E-state index contributed by atoms with van der Waals surface area (Å²) in [7, 11) is 3.11. The van der Waals surface area contributed by atoms with Gasteiger partial charge >= 0.3 is 0 Å². The van der Waals surface area contributed by atoms with Crippen molar-refractivity contribution in [2.45, 2.75) is 47.0 Å². The number of Topliss-reactive ketones (excluding diaryl/α,β-unsaturated/α-hetero) is 1. The molecule has 0 saturated heterocycles. The second-order valence-electron chi connectivity index (χ2n) is 11.2. The average Bonchev–Trinajstić information content (AvgIpc) is 3.77. The molecule has 6 aromatic rings. The standard InChI is InChI=1S/C19H20N2O4.C19H18N2O4/c2*1-12(22)15-9-18(24-11-14-7-5-4-6-8-14)17(23-3)10-16(15)19-20-13(2)25-21-19/h4-10,12,22H,11H2,1-3H3;4-10H,11H2,1-3H3. The van der Waals surface area contributed by atoms with E-state index in [1.54, 1.807) is 59.3 Å². The van der Waals surface area contributed by atoms with Crippen LogP contribution in [0.5, 0.6) is 23.0 Å². The summed E-state index contributed by atoms with van der Waals surface area (Å²) in [6.07, 6.45) is -0.723. The van der Waals surface area contributed by atoms with Gasteiger partial charge < -0.3 is 33.1 Å². The number of benzene rings is 4. The topological polar surface area (TPSA) is 152 Å². The lowest BCUT2D eigenvalue weighted by Crippen LogP contribution is -2.03. The lowest BCUT2D eigenvalue weighted by Gasteiger charge is -2.16. The van der Waals surface area contributed by atoms with Crippen molar-refractivity contribution in [2.24, 2.45) is 0 Å². The van der Waals surface area contributed by atoms with E-state index in [0.717, 1.165) is 11.1 Å². The van der Waals surface area contributed by atoms with Crippen molar-refractivity contribution in [3.8, 4) is 45.8 Å². The molecule has 2 aromatic heterocycles. The average molecular weight is 679 g/mol. The number of rotatable bonds is 12. The minimum Gasteiger partial charge on any atom is -0.493 e. The van der Waals surface area contributed by atoms with Gasteiger partial charge in [0.1, 0.15) is 13.2 Å². The smallest absolute Gasteiger partial charge is 0.223 e. The molecule has 0 spiro atoms.